The number of halogens is 1. The third kappa shape index (κ3) is 7.47. The zero-order valence-electron chi connectivity index (χ0n) is 15.5. The lowest BCUT2D eigenvalue weighted by Gasteiger charge is -2.35. The topological polar surface area (TPSA) is 59.1 Å². The standard InChI is InChI=1S/C17H31FN2O4/c1-6-23-15(21)11-13-7-8-20(12-14(13)18)10-9-19(5)16(22)24-17(2,3)4/h13-14H,6-12H2,1-5H3. The fourth-order valence-corrected chi connectivity index (χ4v) is 2.61. The number of hydrogen-bond donors (Lipinski definition) is 0. The van der Waals surface area contributed by atoms with E-state index in [1.165, 1.54) is 4.90 Å². The van der Waals surface area contributed by atoms with Crippen molar-refractivity contribution in [3.63, 3.8) is 0 Å². The van der Waals surface area contributed by atoms with Crippen molar-refractivity contribution in [3.05, 3.63) is 0 Å². The van der Waals surface area contributed by atoms with E-state index in [9.17, 15) is 14.0 Å². The summed E-state index contributed by atoms with van der Waals surface area (Å²) < 4.78 is 24.4. The van der Waals surface area contributed by atoms with Crippen molar-refractivity contribution in [1.82, 2.24) is 9.80 Å². The predicted molar refractivity (Wildman–Crippen MR) is 89.6 cm³/mol. The zero-order chi connectivity index (χ0) is 18.3. The number of likely N-dealkylation sites (N-methyl/N-ethyl adjacent to an activating group) is 1. The highest BCUT2D eigenvalue weighted by atomic mass is 19.1. The van der Waals surface area contributed by atoms with E-state index in [4.69, 9.17) is 9.47 Å². The van der Waals surface area contributed by atoms with Crippen LogP contribution in [0, 0.1) is 5.92 Å². The fraction of sp³-hybridized carbons (Fsp3) is 0.882. The Morgan fingerprint density at radius 2 is 2.00 bits per heavy atom. The largest absolute Gasteiger partial charge is 0.466 e. The predicted octanol–water partition coefficient (Wildman–Crippen LogP) is 2.47. The van der Waals surface area contributed by atoms with Crippen LogP contribution in [0.5, 0.6) is 0 Å². The van der Waals surface area contributed by atoms with Crippen LogP contribution in [-0.2, 0) is 14.3 Å². The molecule has 1 heterocycles. The van der Waals surface area contributed by atoms with E-state index in [0.29, 0.717) is 32.7 Å². The van der Waals surface area contributed by atoms with Gasteiger partial charge in [-0.25, -0.2) is 9.18 Å². The van der Waals surface area contributed by atoms with Gasteiger partial charge in [-0.15, -0.1) is 0 Å². The number of alkyl halides is 1. The summed E-state index contributed by atoms with van der Waals surface area (Å²) >= 11 is 0. The molecule has 0 spiro atoms. The van der Waals surface area contributed by atoms with E-state index in [0.717, 1.165) is 0 Å². The fourth-order valence-electron chi connectivity index (χ4n) is 2.61. The molecule has 0 aromatic heterocycles. The third-order valence-electron chi connectivity index (χ3n) is 3.95. The first-order valence-electron chi connectivity index (χ1n) is 8.58. The SMILES string of the molecule is CCOC(=O)CC1CCN(CCN(C)C(=O)OC(C)(C)C)CC1F. The van der Waals surface area contributed by atoms with E-state index in [-0.39, 0.29) is 30.9 Å². The second-order valence-corrected chi connectivity index (χ2v) is 7.28. The van der Waals surface area contributed by atoms with Gasteiger partial charge in [0, 0.05) is 32.6 Å². The van der Waals surface area contributed by atoms with E-state index in [1.807, 2.05) is 25.7 Å². The summed E-state index contributed by atoms with van der Waals surface area (Å²) in [5.41, 5.74) is -0.527. The molecule has 1 amide bonds. The van der Waals surface area contributed by atoms with Gasteiger partial charge in [0.1, 0.15) is 11.8 Å². The van der Waals surface area contributed by atoms with Gasteiger partial charge in [-0.3, -0.25) is 9.69 Å². The Hall–Kier alpha value is -1.37. The number of rotatable bonds is 6. The molecule has 6 nitrogen and oxygen atoms in total. The number of amides is 1. The molecule has 7 heteroatoms. The number of hydrogen-bond acceptors (Lipinski definition) is 5. The first-order chi connectivity index (χ1) is 11.1. The third-order valence-corrected chi connectivity index (χ3v) is 3.95. The Morgan fingerprint density at radius 1 is 1.33 bits per heavy atom. The molecular formula is C17H31FN2O4. The van der Waals surface area contributed by atoms with Gasteiger partial charge >= 0.3 is 12.1 Å². The lowest BCUT2D eigenvalue weighted by atomic mass is 9.92. The van der Waals surface area contributed by atoms with Gasteiger partial charge in [-0.05, 0) is 40.7 Å². The number of carbonyl (C=O) groups excluding carboxylic acids is 2. The first-order valence-corrected chi connectivity index (χ1v) is 8.58. The van der Waals surface area contributed by atoms with Crippen LogP contribution in [0.1, 0.15) is 40.5 Å². The molecule has 0 radical (unpaired) electrons. The molecule has 2 atom stereocenters. The molecule has 0 bridgehead atoms. The van der Waals surface area contributed by atoms with Crippen molar-refractivity contribution >= 4 is 12.1 Å². The number of carbonyl (C=O) groups is 2. The molecule has 1 aliphatic rings. The molecule has 2 unspecified atom stereocenters. The van der Waals surface area contributed by atoms with Crippen molar-refractivity contribution in [2.75, 3.05) is 39.8 Å². The lowest BCUT2D eigenvalue weighted by Crippen LogP contribution is -2.46. The van der Waals surface area contributed by atoms with Crippen LogP contribution >= 0.6 is 0 Å². The second-order valence-electron chi connectivity index (χ2n) is 7.28. The van der Waals surface area contributed by atoms with Crippen molar-refractivity contribution in [3.8, 4) is 0 Å². The van der Waals surface area contributed by atoms with Gasteiger partial charge in [-0.1, -0.05) is 0 Å². The lowest BCUT2D eigenvalue weighted by molar-refractivity contribution is -0.145. The van der Waals surface area contributed by atoms with Crippen molar-refractivity contribution in [2.45, 2.75) is 52.3 Å². The van der Waals surface area contributed by atoms with E-state index in [2.05, 4.69) is 0 Å². The molecule has 140 valence electrons. The van der Waals surface area contributed by atoms with Crippen LogP contribution in [-0.4, -0.2) is 73.5 Å². The summed E-state index contributed by atoms with van der Waals surface area (Å²) in [4.78, 5) is 26.9. The Bertz CT molecular complexity index is 425. The number of esters is 1. The summed E-state index contributed by atoms with van der Waals surface area (Å²) in [6.07, 6.45) is -0.664. The average Bonchev–Trinajstić information content (AvgIpc) is 2.45. The Labute approximate surface area is 144 Å². The molecule has 0 N–H and O–H groups in total. The summed E-state index contributed by atoms with van der Waals surface area (Å²) in [5, 5.41) is 0. The number of piperidine rings is 1. The Balaban J connectivity index is 2.34. The van der Waals surface area contributed by atoms with Gasteiger partial charge in [0.25, 0.3) is 0 Å². The highest BCUT2D eigenvalue weighted by Crippen LogP contribution is 2.24. The van der Waals surface area contributed by atoms with Crippen LogP contribution in [0.15, 0.2) is 0 Å². The summed E-state index contributed by atoms with van der Waals surface area (Å²) in [6.45, 7) is 9.59. The summed E-state index contributed by atoms with van der Waals surface area (Å²) in [7, 11) is 1.68. The van der Waals surface area contributed by atoms with Crippen molar-refractivity contribution in [2.24, 2.45) is 5.92 Å². The van der Waals surface area contributed by atoms with Crippen LogP contribution in [0.4, 0.5) is 9.18 Å². The molecule has 0 aromatic carbocycles. The maximum Gasteiger partial charge on any atom is 0.410 e. The number of nitrogens with zero attached hydrogens (tertiary/aromatic N) is 2. The molecule has 1 aliphatic heterocycles. The van der Waals surface area contributed by atoms with E-state index in [1.54, 1.807) is 14.0 Å². The minimum atomic E-state index is -1.05. The maximum absolute atomic E-state index is 14.2. The zero-order valence-corrected chi connectivity index (χ0v) is 15.5. The number of ether oxygens (including phenoxy) is 2. The highest BCUT2D eigenvalue weighted by molar-refractivity contribution is 5.69. The van der Waals surface area contributed by atoms with Crippen LogP contribution in [0.25, 0.3) is 0 Å². The summed E-state index contributed by atoms with van der Waals surface area (Å²) in [6, 6.07) is 0. The van der Waals surface area contributed by atoms with E-state index >= 15 is 0 Å². The maximum atomic E-state index is 14.2. The Kier molecular flexibility index (Phi) is 7.93. The molecule has 1 saturated heterocycles. The van der Waals surface area contributed by atoms with Crippen LogP contribution in [0.2, 0.25) is 0 Å². The minimum absolute atomic E-state index is 0.140. The first kappa shape index (κ1) is 20.7. The molecule has 0 saturated carbocycles. The van der Waals surface area contributed by atoms with E-state index < -0.39 is 11.8 Å². The molecule has 0 aliphatic carbocycles. The number of likely N-dealkylation sites (tertiary alicyclic amines) is 1. The van der Waals surface area contributed by atoms with Gasteiger partial charge in [0.2, 0.25) is 0 Å². The van der Waals surface area contributed by atoms with Gasteiger partial charge < -0.3 is 14.4 Å². The molecule has 1 fully saturated rings. The molecular weight excluding hydrogens is 315 g/mol. The Morgan fingerprint density at radius 3 is 2.54 bits per heavy atom. The summed E-state index contributed by atoms with van der Waals surface area (Å²) in [5.74, 6) is -0.604. The quantitative estimate of drug-likeness (QED) is 0.692. The van der Waals surface area contributed by atoms with Crippen molar-refractivity contribution < 1.29 is 23.5 Å². The van der Waals surface area contributed by atoms with Crippen LogP contribution in [0.3, 0.4) is 0 Å². The minimum Gasteiger partial charge on any atom is -0.466 e. The van der Waals surface area contributed by atoms with Gasteiger partial charge in [0.05, 0.1) is 13.0 Å². The average molecular weight is 346 g/mol. The monoisotopic (exact) mass is 346 g/mol. The molecule has 0 aromatic rings. The molecule has 24 heavy (non-hydrogen) atoms. The van der Waals surface area contributed by atoms with Gasteiger partial charge in [0.15, 0.2) is 0 Å². The van der Waals surface area contributed by atoms with Gasteiger partial charge in [-0.2, -0.15) is 0 Å². The second kappa shape index (κ2) is 9.20. The molecule has 1 rings (SSSR count). The van der Waals surface area contributed by atoms with Crippen molar-refractivity contribution in [1.29, 1.82) is 0 Å². The van der Waals surface area contributed by atoms with Crippen LogP contribution < -0.4 is 0 Å². The normalized spacial score (nSPS) is 22.1. The smallest absolute Gasteiger partial charge is 0.410 e. The highest BCUT2D eigenvalue weighted by Gasteiger charge is 2.31.